The van der Waals surface area contributed by atoms with Gasteiger partial charge in [-0.05, 0) is 39.2 Å². The molecule has 2 aliphatic rings. The van der Waals surface area contributed by atoms with Crippen LogP contribution < -0.4 is 0 Å². The van der Waals surface area contributed by atoms with Crippen LogP contribution in [0, 0.1) is 5.92 Å². The lowest BCUT2D eigenvalue weighted by atomic mass is 10.0. The van der Waals surface area contributed by atoms with E-state index in [0.717, 1.165) is 31.3 Å². The van der Waals surface area contributed by atoms with Gasteiger partial charge in [-0.1, -0.05) is 6.92 Å². The van der Waals surface area contributed by atoms with Crippen molar-refractivity contribution in [3.63, 3.8) is 0 Å². The fourth-order valence-corrected chi connectivity index (χ4v) is 3.13. The van der Waals surface area contributed by atoms with Crippen molar-refractivity contribution in [3.8, 4) is 0 Å². The molecule has 0 saturated carbocycles. The Morgan fingerprint density at radius 2 is 2.06 bits per heavy atom. The molecule has 4 heteroatoms. The largest absolute Gasteiger partial charge is 0.300 e. The Morgan fingerprint density at radius 3 is 2.78 bits per heavy atom. The Hall–Kier alpha value is -0.900. The fraction of sp³-hybridized carbons (Fsp3) is 0.857. The van der Waals surface area contributed by atoms with Gasteiger partial charge in [0.2, 0.25) is 0 Å². The third kappa shape index (κ3) is 2.18. The van der Waals surface area contributed by atoms with E-state index in [1.165, 1.54) is 25.2 Å². The summed E-state index contributed by atoms with van der Waals surface area (Å²) in [5.41, 5.74) is 0. The number of aromatic nitrogens is 3. The summed E-state index contributed by atoms with van der Waals surface area (Å²) in [6.07, 6.45) is 3.59. The van der Waals surface area contributed by atoms with Gasteiger partial charge in [0.25, 0.3) is 0 Å². The van der Waals surface area contributed by atoms with E-state index in [2.05, 4.69) is 30.4 Å². The lowest BCUT2D eigenvalue weighted by Crippen LogP contribution is -2.28. The molecule has 18 heavy (non-hydrogen) atoms. The Morgan fingerprint density at radius 1 is 1.22 bits per heavy atom. The van der Waals surface area contributed by atoms with Crippen LogP contribution in [-0.4, -0.2) is 38.8 Å². The van der Waals surface area contributed by atoms with Crippen molar-refractivity contribution in [2.45, 2.75) is 58.5 Å². The molecule has 2 unspecified atom stereocenters. The molecule has 1 aromatic rings. The zero-order valence-electron chi connectivity index (χ0n) is 11.8. The van der Waals surface area contributed by atoms with E-state index in [1.807, 2.05) is 0 Å². The number of rotatable bonds is 2. The third-order valence-electron chi connectivity index (χ3n) is 4.43. The highest BCUT2D eigenvalue weighted by molar-refractivity contribution is 5.05. The highest BCUT2D eigenvalue weighted by Crippen LogP contribution is 2.28. The summed E-state index contributed by atoms with van der Waals surface area (Å²) in [7, 11) is 0. The second kappa shape index (κ2) is 4.65. The first kappa shape index (κ1) is 12.2. The van der Waals surface area contributed by atoms with Crippen LogP contribution in [0.25, 0.3) is 0 Å². The van der Waals surface area contributed by atoms with Crippen molar-refractivity contribution < 1.29 is 0 Å². The molecular formula is C14H24N4. The van der Waals surface area contributed by atoms with Crippen LogP contribution in [0.5, 0.6) is 0 Å². The molecule has 1 fully saturated rings. The van der Waals surface area contributed by atoms with Gasteiger partial charge in [0.05, 0.1) is 0 Å². The average molecular weight is 248 g/mol. The second-order valence-corrected chi connectivity index (χ2v) is 6.29. The summed E-state index contributed by atoms with van der Waals surface area (Å²) in [5.74, 6) is 3.62. The first-order valence-electron chi connectivity index (χ1n) is 7.31. The predicted molar refractivity (Wildman–Crippen MR) is 71.6 cm³/mol. The van der Waals surface area contributed by atoms with Gasteiger partial charge in [-0.3, -0.25) is 0 Å². The third-order valence-corrected chi connectivity index (χ3v) is 4.43. The Labute approximate surface area is 109 Å². The summed E-state index contributed by atoms with van der Waals surface area (Å²) in [5, 5.41) is 4.76. The van der Waals surface area contributed by atoms with Crippen LogP contribution in [0.3, 0.4) is 0 Å². The van der Waals surface area contributed by atoms with Crippen LogP contribution in [0.2, 0.25) is 0 Å². The lowest BCUT2D eigenvalue weighted by Gasteiger charge is -2.19. The molecule has 0 amide bonds. The molecule has 1 aromatic heterocycles. The van der Waals surface area contributed by atoms with E-state index in [0.29, 0.717) is 12.0 Å². The van der Waals surface area contributed by atoms with Crippen molar-refractivity contribution in [2.75, 3.05) is 13.1 Å². The minimum absolute atomic E-state index is 0.556. The van der Waals surface area contributed by atoms with Crippen LogP contribution in [0.1, 0.15) is 51.2 Å². The zero-order valence-corrected chi connectivity index (χ0v) is 11.8. The van der Waals surface area contributed by atoms with Crippen molar-refractivity contribution >= 4 is 0 Å². The highest BCUT2D eigenvalue weighted by Gasteiger charge is 2.29. The lowest BCUT2D eigenvalue weighted by molar-refractivity contribution is 0.271. The quantitative estimate of drug-likeness (QED) is 0.803. The molecule has 4 nitrogen and oxygen atoms in total. The molecule has 2 atom stereocenters. The Balaban J connectivity index is 1.74. The van der Waals surface area contributed by atoms with Gasteiger partial charge < -0.3 is 4.90 Å². The molecular weight excluding hydrogens is 224 g/mol. The van der Waals surface area contributed by atoms with E-state index in [-0.39, 0.29) is 0 Å². The molecule has 1 saturated heterocycles. The standard InChI is InChI=1S/C14H24N4/c1-10(2)17-7-6-12(9-17)14-15-13-5-4-11(3)8-18(13)16-14/h10-12H,4-9H2,1-3H3. The molecule has 3 heterocycles. The molecule has 0 N–H and O–H groups in total. The van der Waals surface area contributed by atoms with Crippen LogP contribution in [0.4, 0.5) is 0 Å². The molecule has 3 rings (SSSR count). The van der Waals surface area contributed by atoms with Crippen molar-refractivity contribution in [3.05, 3.63) is 11.6 Å². The topological polar surface area (TPSA) is 34.0 Å². The summed E-state index contributed by atoms with van der Waals surface area (Å²) >= 11 is 0. The van der Waals surface area contributed by atoms with Gasteiger partial charge in [0.15, 0.2) is 5.82 Å². The number of likely N-dealkylation sites (tertiary alicyclic amines) is 1. The van der Waals surface area contributed by atoms with E-state index < -0.39 is 0 Å². The van der Waals surface area contributed by atoms with Crippen molar-refractivity contribution in [1.82, 2.24) is 19.7 Å². The molecule has 0 radical (unpaired) electrons. The fourth-order valence-electron chi connectivity index (χ4n) is 3.13. The summed E-state index contributed by atoms with van der Waals surface area (Å²) < 4.78 is 2.15. The SMILES string of the molecule is CC1CCc2nc(C3CCN(C(C)C)C3)nn2C1. The number of hydrogen-bond acceptors (Lipinski definition) is 3. The normalized spacial score (nSPS) is 28.9. The second-order valence-electron chi connectivity index (χ2n) is 6.29. The first-order valence-corrected chi connectivity index (χ1v) is 7.31. The predicted octanol–water partition coefficient (Wildman–Crippen LogP) is 2.06. The Kier molecular flexibility index (Phi) is 3.14. The molecule has 0 spiro atoms. The van der Waals surface area contributed by atoms with Gasteiger partial charge in [-0.2, -0.15) is 5.10 Å². The average Bonchev–Trinajstić information content (AvgIpc) is 2.93. The van der Waals surface area contributed by atoms with Crippen LogP contribution in [0.15, 0.2) is 0 Å². The van der Waals surface area contributed by atoms with Crippen LogP contribution in [-0.2, 0) is 13.0 Å². The maximum Gasteiger partial charge on any atom is 0.155 e. The summed E-state index contributed by atoms with van der Waals surface area (Å²) in [4.78, 5) is 7.32. The van der Waals surface area contributed by atoms with Gasteiger partial charge in [-0.25, -0.2) is 9.67 Å². The van der Waals surface area contributed by atoms with E-state index >= 15 is 0 Å². The van der Waals surface area contributed by atoms with Gasteiger partial charge >= 0.3 is 0 Å². The first-order chi connectivity index (χ1) is 8.63. The molecule has 2 aliphatic heterocycles. The van der Waals surface area contributed by atoms with Gasteiger partial charge in [0.1, 0.15) is 5.82 Å². The maximum absolute atomic E-state index is 4.79. The number of hydrogen-bond donors (Lipinski definition) is 0. The zero-order chi connectivity index (χ0) is 12.7. The Bertz CT molecular complexity index is 423. The minimum Gasteiger partial charge on any atom is -0.300 e. The number of nitrogens with zero attached hydrogens (tertiary/aromatic N) is 4. The maximum atomic E-state index is 4.79. The van der Waals surface area contributed by atoms with E-state index in [1.54, 1.807) is 0 Å². The summed E-state index contributed by atoms with van der Waals surface area (Å²) in [6.45, 7) is 10.2. The summed E-state index contributed by atoms with van der Waals surface area (Å²) in [6, 6.07) is 0.646. The molecule has 0 aromatic carbocycles. The minimum atomic E-state index is 0.556. The van der Waals surface area contributed by atoms with Crippen molar-refractivity contribution in [2.24, 2.45) is 5.92 Å². The smallest absolute Gasteiger partial charge is 0.155 e. The van der Waals surface area contributed by atoms with Gasteiger partial charge in [-0.15, -0.1) is 0 Å². The number of aryl methyl sites for hydroxylation is 1. The van der Waals surface area contributed by atoms with Crippen molar-refractivity contribution in [1.29, 1.82) is 0 Å². The van der Waals surface area contributed by atoms with E-state index in [4.69, 9.17) is 10.1 Å². The monoisotopic (exact) mass is 248 g/mol. The molecule has 0 bridgehead atoms. The van der Waals surface area contributed by atoms with Gasteiger partial charge in [0, 0.05) is 31.5 Å². The van der Waals surface area contributed by atoms with E-state index in [9.17, 15) is 0 Å². The van der Waals surface area contributed by atoms with Crippen LogP contribution >= 0.6 is 0 Å². The molecule has 100 valence electrons. The number of fused-ring (bicyclic) bond motifs is 1. The molecule has 0 aliphatic carbocycles. The highest BCUT2D eigenvalue weighted by atomic mass is 15.4.